The van der Waals surface area contributed by atoms with E-state index in [1.165, 1.54) is 17.7 Å². The molecule has 0 aliphatic carbocycles. The fourth-order valence-electron chi connectivity index (χ4n) is 2.43. The number of rotatable bonds is 9. The van der Waals surface area contributed by atoms with Gasteiger partial charge in [-0.25, -0.2) is 0 Å². The van der Waals surface area contributed by atoms with E-state index < -0.39 is 17.7 Å². The van der Waals surface area contributed by atoms with Crippen molar-refractivity contribution in [3.63, 3.8) is 0 Å². The average Bonchev–Trinajstić information content (AvgIpc) is 2.55. The average molecular weight is 344 g/mol. The van der Waals surface area contributed by atoms with Gasteiger partial charge in [0.2, 0.25) is 0 Å². The van der Waals surface area contributed by atoms with E-state index in [1.807, 2.05) is 13.0 Å². The van der Waals surface area contributed by atoms with Crippen LogP contribution in [0, 0.1) is 5.92 Å². The zero-order valence-corrected chi connectivity index (χ0v) is 15.5. The standard InChI is InChI=1S/C21H28O4/c1-5-25-21(24)18(14-13-16(4)10-8-9-15(2)3)20(23)17-11-6-7-12-19(17)22/h6-7,9,11-13,18,22H,5,8,10,14H2,1-4H3/b16-13+. The highest BCUT2D eigenvalue weighted by Gasteiger charge is 2.29. The zero-order chi connectivity index (χ0) is 18.8. The number of ether oxygens (including phenoxy) is 1. The molecule has 0 heterocycles. The summed E-state index contributed by atoms with van der Waals surface area (Å²) in [5.41, 5.74) is 2.54. The molecule has 0 aliphatic rings. The normalized spacial score (nSPS) is 12.4. The molecule has 136 valence electrons. The second-order valence-electron chi connectivity index (χ2n) is 6.29. The number of aromatic hydroxyl groups is 1. The van der Waals surface area contributed by atoms with E-state index in [2.05, 4.69) is 19.9 Å². The van der Waals surface area contributed by atoms with Gasteiger partial charge in [0, 0.05) is 0 Å². The van der Waals surface area contributed by atoms with E-state index in [1.54, 1.807) is 19.1 Å². The zero-order valence-electron chi connectivity index (χ0n) is 15.5. The van der Waals surface area contributed by atoms with Crippen molar-refractivity contribution in [3.8, 4) is 5.75 Å². The van der Waals surface area contributed by atoms with Crippen LogP contribution in [0.2, 0.25) is 0 Å². The number of esters is 1. The van der Waals surface area contributed by atoms with E-state index in [9.17, 15) is 14.7 Å². The highest BCUT2D eigenvalue weighted by Crippen LogP contribution is 2.23. The first-order valence-corrected chi connectivity index (χ1v) is 8.64. The molecule has 1 aromatic carbocycles. The van der Waals surface area contributed by atoms with Crippen LogP contribution in [0.4, 0.5) is 0 Å². The molecule has 4 nitrogen and oxygen atoms in total. The molecule has 1 aromatic rings. The third-order valence-corrected chi connectivity index (χ3v) is 3.85. The van der Waals surface area contributed by atoms with Gasteiger partial charge < -0.3 is 9.84 Å². The van der Waals surface area contributed by atoms with E-state index in [4.69, 9.17) is 4.74 Å². The van der Waals surface area contributed by atoms with Crippen LogP contribution in [-0.2, 0) is 9.53 Å². The maximum absolute atomic E-state index is 12.7. The number of carbonyl (C=O) groups is 2. The van der Waals surface area contributed by atoms with Crippen molar-refractivity contribution in [2.75, 3.05) is 6.61 Å². The van der Waals surface area contributed by atoms with Crippen molar-refractivity contribution in [3.05, 3.63) is 53.1 Å². The van der Waals surface area contributed by atoms with Gasteiger partial charge in [0.15, 0.2) is 5.78 Å². The number of hydrogen-bond donors (Lipinski definition) is 1. The largest absolute Gasteiger partial charge is 0.507 e. The van der Waals surface area contributed by atoms with Crippen molar-refractivity contribution in [2.24, 2.45) is 5.92 Å². The summed E-state index contributed by atoms with van der Waals surface area (Å²) in [6.07, 6.45) is 6.16. The van der Waals surface area contributed by atoms with Gasteiger partial charge in [-0.3, -0.25) is 9.59 Å². The molecule has 0 bridgehead atoms. The number of Topliss-reactive ketones (excluding diaryl/α,β-unsaturated/α-hetero) is 1. The van der Waals surface area contributed by atoms with Crippen molar-refractivity contribution >= 4 is 11.8 Å². The lowest BCUT2D eigenvalue weighted by Gasteiger charge is -2.14. The summed E-state index contributed by atoms with van der Waals surface area (Å²) in [6.45, 7) is 8.03. The third-order valence-electron chi connectivity index (χ3n) is 3.85. The molecule has 0 radical (unpaired) electrons. The second kappa shape index (κ2) is 10.5. The number of para-hydroxylation sites is 1. The van der Waals surface area contributed by atoms with Crippen LogP contribution in [0.15, 0.2) is 47.6 Å². The molecule has 0 aliphatic heterocycles. The van der Waals surface area contributed by atoms with Crippen molar-refractivity contribution in [1.29, 1.82) is 0 Å². The van der Waals surface area contributed by atoms with Gasteiger partial charge >= 0.3 is 5.97 Å². The van der Waals surface area contributed by atoms with Gasteiger partial charge in [0.25, 0.3) is 0 Å². The molecule has 1 N–H and O–H groups in total. The molecule has 25 heavy (non-hydrogen) atoms. The maximum Gasteiger partial charge on any atom is 0.317 e. The monoisotopic (exact) mass is 344 g/mol. The van der Waals surface area contributed by atoms with Gasteiger partial charge in [0.1, 0.15) is 11.7 Å². The van der Waals surface area contributed by atoms with Gasteiger partial charge in [0.05, 0.1) is 12.2 Å². The Morgan fingerprint density at radius 3 is 2.44 bits per heavy atom. The topological polar surface area (TPSA) is 63.6 Å². The molecule has 4 heteroatoms. The number of benzene rings is 1. The SMILES string of the molecule is CCOC(=O)C(C/C=C(\C)CCC=C(C)C)C(=O)c1ccccc1O. The molecular formula is C21H28O4. The summed E-state index contributed by atoms with van der Waals surface area (Å²) in [5, 5.41) is 9.89. The first-order valence-electron chi connectivity index (χ1n) is 8.64. The molecule has 1 unspecified atom stereocenters. The van der Waals surface area contributed by atoms with E-state index in [-0.39, 0.29) is 24.3 Å². The summed E-state index contributed by atoms with van der Waals surface area (Å²) in [5.74, 6) is -2.02. The van der Waals surface area contributed by atoms with Gasteiger partial charge in [-0.1, -0.05) is 35.4 Å². The quantitative estimate of drug-likeness (QED) is 0.301. The highest BCUT2D eigenvalue weighted by atomic mass is 16.5. The number of phenols is 1. The molecule has 0 saturated heterocycles. The Kier molecular flexibility index (Phi) is 8.68. The Hall–Kier alpha value is -2.36. The molecule has 0 fully saturated rings. The van der Waals surface area contributed by atoms with Crippen LogP contribution in [-0.4, -0.2) is 23.5 Å². The minimum atomic E-state index is -0.938. The summed E-state index contributed by atoms with van der Waals surface area (Å²) in [6, 6.07) is 6.26. The smallest absolute Gasteiger partial charge is 0.317 e. The van der Waals surface area contributed by atoms with Crippen LogP contribution >= 0.6 is 0 Å². The molecule has 0 spiro atoms. The lowest BCUT2D eigenvalue weighted by atomic mass is 9.92. The Morgan fingerprint density at radius 2 is 1.84 bits per heavy atom. The number of hydrogen-bond acceptors (Lipinski definition) is 4. The fraction of sp³-hybridized carbons (Fsp3) is 0.429. The van der Waals surface area contributed by atoms with E-state index in [0.717, 1.165) is 18.4 Å². The first-order chi connectivity index (χ1) is 11.9. The lowest BCUT2D eigenvalue weighted by molar-refractivity contribution is -0.146. The molecule has 0 amide bonds. The molecule has 1 rings (SSSR count). The van der Waals surface area contributed by atoms with Crippen LogP contribution < -0.4 is 0 Å². The van der Waals surface area contributed by atoms with Crippen LogP contribution in [0.1, 0.15) is 57.3 Å². The van der Waals surface area contributed by atoms with E-state index >= 15 is 0 Å². The fourth-order valence-corrected chi connectivity index (χ4v) is 2.43. The summed E-state index contributed by atoms with van der Waals surface area (Å²) in [7, 11) is 0. The highest BCUT2D eigenvalue weighted by molar-refractivity contribution is 6.10. The third kappa shape index (κ3) is 6.96. The summed E-state index contributed by atoms with van der Waals surface area (Å²) < 4.78 is 5.05. The Morgan fingerprint density at radius 1 is 1.16 bits per heavy atom. The minimum Gasteiger partial charge on any atom is -0.507 e. The van der Waals surface area contributed by atoms with Crippen molar-refractivity contribution < 1.29 is 19.4 Å². The van der Waals surface area contributed by atoms with Crippen LogP contribution in [0.25, 0.3) is 0 Å². The maximum atomic E-state index is 12.7. The first kappa shape index (κ1) is 20.7. The van der Waals surface area contributed by atoms with Crippen LogP contribution in [0.3, 0.4) is 0 Å². The molecule has 1 atom stereocenters. The second-order valence-corrected chi connectivity index (χ2v) is 6.29. The number of ketones is 1. The van der Waals surface area contributed by atoms with Crippen molar-refractivity contribution in [1.82, 2.24) is 0 Å². The Bertz CT molecular complexity index is 652. The summed E-state index contributed by atoms with van der Waals surface area (Å²) >= 11 is 0. The van der Waals surface area contributed by atoms with Crippen molar-refractivity contribution in [2.45, 2.75) is 47.0 Å². The number of phenolic OH excluding ortho intramolecular Hbond substituents is 1. The van der Waals surface area contributed by atoms with Gasteiger partial charge in [-0.2, -0.15) is 0 Å². The molecule has 0 saturated carbocycles. The Labute approximate surface area is 150 Å². The number of allylic oxidation sites excluding steroid dienone is 4. The minimum absolute atomic E-state index is 0.119. The van der Waals surface area contributed by atoms with Crippen LogP contribution in [0.5, 0.6) is 5.75 Å². The molecular weight excluding hydrogens is 316 g/mol. The predicted octanol–water partition coefficient (Wildman–Crippen LogP) is 4.84. The van der Waals surface area contributed by atoms with Gasteiger partial charge in [-0.05, 0) is 59.1 Å². The summed E-state index contributed by atoms with van der Waals surface area (Å²) in [4.78, 5) is 24.9. The van der Waals surface area contributed by atoms with E-state index in [0.29, 0.717) is 0 Å². The van der Waals surface area contributed by atoms with Gasteiger partial charge in [-0.15, -0.1) is 0 Å². The lowest BCUT2D eigenvalue weighted by Crippen LogP contribution is -2.26. The Balaban J connectivity index is 2.90. The predicted molar refractivity (Wildman–Crippen MR) is 99.6 cm³/mol. The molecule has 0 aromatic heterocycles. The number of carbonyl (C=O) groups excluding carboxylic acids is 2.